The van der Waals surface area contributed by atoms with Crippen molar-refractivity contribution in [1.29, 1.82) is 0 Å². The molecular formula is C12H18ClNOS. The third-order valence-corrected chi connectivity index (χ3v) is 3.52. The van der Waals surface area contributed by atoms with Crippen LogP contribution < -0.4 is 5.32 Å². The Morgan fingerprint density at radius 1 is 1.38 bits per heavy atom. The molecule has 1 aromatic carbocycles. The van der Waals surface area contributed by atoms with Crippen LogP contribution in [-0.4, -0.2) is 30.1 Å². The molecule has 0 bridgehead atoms. The summed E-state index contributed by atoms with van der Waals surface area (Å²) in [6, 6.07) is 8.10. The van der Waals surface area contributed by atoms with Gasteiger partial charge < -0.3 is 10.4 Å². The van der Waals surface area contributed by atoms with E-state index in [-0.39, 0.29) is 12.6 Å². The lowest BCUT2D eigenvalue weighted by Gasteiger charge is -2.09. The van der Waals surface area contributed by atoms with Crippen molar-refractivity contribution in [2.45, 2.75) is 24.3 Å². The van der Waals surface area contributed by atoms with Crippen LogP contribution in [0.2, 0.25) is 5.02 Å². The summed E-state index contributed by atoms with van der Waals surface area (Å²) in [7, 11) is 0. The first-order chi connectivity index (χ1) is 7.72. The molecule has 0 aliphatic heterocycles. The predicted octanol–water partition coefficient (Wildman–Crippen LogP) is 2.79. The summed E-state index contributed by atoms with van der Waals surface area (Å²) in [5.41, 5.74) is 0. The third-order valence-electron chi connectivity index (χ3n) is 2.17. The Bertz CT molecular complexity index is 292. The Balaban J connectivity index is 2.09. The highest BCUT2D eigenvalue weighted by atomic mass is 35.5. The topological polar surface area (TPSA) is 32.3 Å². The molecule has 1 aromatic rings. The van der Waals surface area contributed by atoms with E-state index in [1.807, 2.05) is 43.0 Å². The van der Waals surface area contributed by atoms with E-state index in [2.05, 4.69) is 5.32 Å². The van der Waals surface area contributed by atoms with Crippen LogP contribution in [0.3, 0.4) is 0 Å². The fourth-order valence-electron chi connectivity index (χ4n) is 1.21. The Morgan fingerprint density at radius 2 is 2.06 bits per heavy atom. The molecular weight excluding hydrogens is 242 g/mol. The van der Waals surface area contributed by atoms with Gasteiger partial charge in [0, 0.05) is 16.0 Å². The molecule has 16 heavy (non-hydrogen) atoms. The highest BCUT2D eigenvalue weighted by Crippen LogP contribution is 2.20. The van der Waals surface area contributed by atoms with E-state index in [1.165, 1.54) is 4.90 Å². The van der Waals surface area contributed by atoms with Gasteiger partial charge in [0.2, 0.25) is 0 Å². The van der Waals surface area contributed by atoms with Gasteiger partial charge in [-0.3, -0.25) is 0 Å². The molecule has 0 aliphatic carbocycles. The van der Waals surface area contributed by atoms with E-state index in [1.54, 1.807) is 0 Å². The van der Waals surface area contributed by atoms with Crippen molar-refractivity contribution in [3.05, 3.63) is 29.3 Å². The second-order valence-electron chi connectivity index (χ2n) is 3.69. The lowest BCUT2D eigenvalue weighted by molar-refractivity contribution is 0.252. The molecule has 0 aromatic heterocycles. The van der Waals surface area contributed by atoms with Gasteiger partial charge in [0.1, 0.15) is 0 Å². The Kier molecular flexibility index (Phi) is 6.88. The Labute approximate surface area is 106 Å². The molecule has 90 valence electrons. The van der Waals surface area contributed by atoms with E-state index >= 15 is 0 Å². The average molecular weight is 260 g/mol. The second kappa shape index (κ2) is 7.96. The molecule has 0 saturated heterocycles. The van der Waals surface area contributed by atoms with Gasteiger partial charge in [0.25, 0.3) is 0 Å². The van der Waals surface area contributed by atoms with Gasteiger partial charge in [0.05, 0.1) is 6.61 Å². The predicted molar refractivity (Wildman–Crippen MR) is 71.3 cm³/mol. The molecule has 1 rings (SSSR count). The van der Waals surface area contributed by atoms with Crippen LogP contribution in [0.15, 0.2) is 29.2 Å². The standard InChI is InChI=1S/C12H18ClNOS/c1-10(9-15)14-7-2-8-16-12-5-3-11(13)4-6-12/h3-6,10,14-15H,2,7-9H2,1H3. The molecule has 0 amide bonds. The maximum absolute atomic E-state index is 8.82. The molecule has 1 unspecified atom stereocenters. The summed E-state index contributed by atoms with van der Waals surface area (Å²) in [5.74, 6) is 1.08. The number of benzene rings is 1. The molecule has 0 heterocycles. The summed E-state index contributed by atoms with van der Waals surface area (Å²) in [4.78, 5) is 1.25. The van der Waals surface area contributed by atoms with Crippen LogP contribution >= 0.6 is 23.4 Å². The summed E-state index contributed by atoms with van der Waals surface area (Å²) in [6.45, 7) is 3.12. The molecule has 2 nitrogen and oxygen atoms in total. The average Bonchev–Trinajstić information content (AvgIpc) is 2.31. The number of hydrogen-bond acceptors (Lipinski definition) is 3. The van der Waals surface area contributed by atoms with E-state index < -0.39 is 0 Å². The number of hydrogen-bond donors (Lipinski definition) is 2. The number of rotatable bonds is 7. The first-order valence-electron chi connectivity index (χ1n) is 5.45. The molecule has 4 heteroatoms. The van der Waals surface area contributed by atoms with Crippen LogP contribution in [0.1, 0.15) is 13.3 Å². The van der Waals surface area contributed by atoms with Gasteiger partial charge in [-0.2, -0.15) is 0 Å². The van der Waals surface area contributed by atoms with Gasteiger partial charge in [0.15, 0.2) is 0 Å². The zero-order valence-corrected chi connectivity index (χ0v) is 11.0. The van der Waals surface area contributed by atoms with Crippen molar-refractivity contribution in [2.75, 3.05) is 18.9 Å². The smallest absolute Gasteiger partial charge is 0.0581 e. The van der Waals surface area contributed by atoms with Crippen LogP contribution in [0.4, 0.5) is 0 Å². The van der Waals surface area contributed by atoms with Crippen molar-refractivity contribution < 1.29 is 5.11 Å². The minimum atomic E-state index is 0.195. The molecule has 0 radical (unpaired) electrons. The molecule has 0 spiro atoms. The molecule has 2 N–H and O–H groups in total. The normalized spacial score (nSPS) is 12.7. The van der Waals surface area contributed by atoms with Crippen molar-refractivity contribution in [1.82, 2.24) is 5.32 Å². The van der Waals surface area contributed by atoms with Crippen LogP contribution in [-0.2, 0) is 0 Å². The van der Waals surface area contributed by atoms with E-state index in [9.17, 15) is 0 Å². The number of aliphatic hydroxyl groups is 1. The monoisotopic (exact) mass is 259 g/mol. The highest BCUT2D eigenvalue weighted by Gasteiger charge is 1.98. The van der Waals surface area contributed by atoms with Gasteiger partial charge >= 0.3 is 0 Å². The fraction of sp³-hybridized carbons (Fsp3) is 0.500. The van der Waals surface area contributed by atoms with E-state index in [4.69, 9.17) is 16.7 Å². The van der Waals surface area contributed by atoms with Crippen LogP contribution in [0.25, 0.3) is 0 Å². The molecule has 1 atom stereocenters. The van der Waals surface area contributed by atoms with Crippen molar-refractivity contribution >= 4 is 23.4 Å². The van der Waals surface area contributed by atoms with Crippen LogP contribution in [0.5, 0.6) is 0 Å². The summed E-state index contributed by atoms with van der Waals surface area (Å²) >= 11 is 7.63. The number of aliphatic hydroxyl groups excluding tert-OH is 1. The fourth-order valence-corrected chi connectivity index (χ4v) is 2.18. The largest absolute Gasteiger partial charge is 0.395 e. The Morgan fingerprint density at radius 3 is 2.69 bits per heavy atom. The summed E-state index contributed by atoms with van der Waals surface area (Å²) in [6.07, 6.45) is 1.09. The van der Waals surface area contributed by atoms with E-state index in [0.717, 1.165) is 23.7 Å². The zero-order valence-electron chi connectivity index (χ0n) is 9.45. The van der Waals surface area contributed by atoms with Gasteiger partial charge in [-0.25, -0.2) is 0 Å². The summed E-state index contributed by atoms with van der Waals surface area (Å²) in [5, 5.41) is 12.8. The van der Waals surface area contributed by atoms with Crippen molar-refractivity contribution in [3.63, 3.8) is 0 Å². The summed E-state index contributed by atoms with van der Waals surface area (Å²) < 4.78 is 0. The van der Waals surface area contributed by atoms with Gasteiger partial charge in [-0.05, 0) is 49.9 Å². The van der Waals surface area contributed by atoms with E-state index in [0.29, 0.717) is 0 Å². The number of nitrogens with one attached hydrogen (secondary N) is 1. The highest BCUT2D eigenvalue weighted by molar-refractivity contribution is 7.99. The third kappa shape index (κ3) is 5.75. The minimum absolute atomic E-state index is 0.195. The molecule has 0 saturated carbocycles. The zero-order chi connectivity index (χ0) is 11.8. The van der Waals surface area contributed by atoms with Gasteiger partial charge in [-0.15, -0.1) is 11.8 Å². The number of thioether (sulfide) groups is 1. The maximum Gasteiger partial charge on any atom is 0.0581 e. The van der Waals surface area contributed by atoms with Crippen molar-refractivity contribution in [2.24, 2.45) is 0 Å². The minimum Gasteiger partial charge on any atom is -0.395 e. The van der Waals surface area contributed by atoms with Crippen molar-refractivity contribution in [3.8, 4) is 0 Å². The second-order valence-corrected chi connectivity index (χ2v) is 5.30. The van der Waals surface area contributed by atoms with Crippen LogP contribution in [0, 0.1) is 0 Å². The van der Waals surface area contributed by atoms with Gasteiger partial charge in [-0.1, -0.05) is 11.6 Å². The quantitative estimate of drug-likeness (QED) is 0.583. The maximum atomic E-state index is 8.82. The lowest BCUT2D eigenvalue weighted by Crippen LogP contribution is -2.30. The SMILES string of the molecule is CC(CO)NCCCSc1ccc(Cl)cc1. The Hall–Kier alpha value is -0.220. The number of halogens is 1. The molecule has 0 aliphatic rings. The first-order valence-corrected chi connectivity index (χ1v) is 6.81. The lowest BCUT2D eigenvalue weighted by atomic mass is 10.3. The molecule has 0 fully saturated rings. The first kappa shape index (κ1) is 13.8.